The van der Waals surface area contributed by atoms with Crippen LogP contribution in [0, 0.1) is 29.1 Å². The third-order valence-electron chi connectivity index (χ3n) is 6.51. The predicted octanol–water partition coefficient (Wildman–Crippen LogP) is 4.43. The van der Waals surface area contributed by atoms with Crippen LogP contribution in [0.1, 0.15) is 44.9 Å². The summed E-state index contributed by atoms with van der Waals surface area (Å²) in [6, 6.07) is 9.43. The normalized spacial score (nSPS) is 31.5. The van der Waals surface area contributed by atoms with E-state index in [0.29, 0.717) is 23.7 Å². The van der Waals surface area contributed by atoms with Gasteiger partial charge in [-0.3, -0.25) is 4.79 Å². The fraction of sp³-hybridized carbons (Fsp3) is 0.619. The molecule has 5 rings (SSSR count). The van der Waals surface area contributed by atoms with Gasteiger partial charge in [0, 0.05) is 12.1 Å². The first-order valence-electron chi connectivity index (χ1n) is 9.64. The number of hydrogen-bond acceptors (Lipinski definition) is 3. The Labute approximate surface area is 160 Å². The Morgan fingerprint density at radius 3 is 2.38 bits per heavy atom. The van der Waals surface area contributed by atoms with E-state index in [4.69, 9.17) is 21.6 Å². The summed E-state index contributed by atoms with van der Waals surface area (Å²) in [5.74, 6) is 2.78. The van der Waals surface area contributed by atoms with E-state index >= 15 is 0 Å². The Balaban J connectivity index is 1.50. The number of hydrogen-bond donors (Lipinski definition) is 0. The number of nitriles is 1. The minimum absolute atomic E-state index is 0.0119. The fourth-order valence-electron chi connectivity index (χ4n) is 5.96. The fourth-order valence-corrected chi connectivity index (χ4v) is 6.15. The van der Waals surface area contributed by atoms with Crippen molar-refractivity contribution in [3.63, 3.8) is 0 Å². The number of halogens is 1. The summed E-state index contributed by atoms with van der Waals surface area (Å²) in [5.41, 5.74) is -0.0491. The second-order valence-corrected chi connectivity index (χ2v) is 8.72. The zero-order valence-electron chi connectivity index (χ0n) is 15.0. The SMILES string of the molecule is N#CCCN(C(=O)COc1ccccc1Cl)C12CC3CC(CC(C3)C1)C2. The van der Waals surface area contributed by atoms with Crippen molar-refractivity contribution in [1.82, 2.24) is 4.90 Å². The smallest absolute Gasteiger partial charge is 0.261 e. The van der Waals surface area contributed by atoms with Crippen LogP contribution in [0.5, 0.6) is 5.75 Å². The molecule has 0 aromatic heterocycles. The van der Waals surface area contributed by atoms with Crippen LogP contribution in [-0.2, 0) is 4.79 Å². The number of rotatable bonds is 6. The van der Waals surface area contributed by atoms with Crippen molar-refractivity contribution >= 4 is 17.5 Å². The summed E-state index contributed by atoms with van der Waals surface area (Å²) in [4.78, 5) is 15.1. The molecule has 1 aromatic rings. The average molecular weight is 373 g/mol. The summed E-state index contributed by atoms with van der Waals surface area (Å²) in [6.45, 7) is 0.490. The number of ether oxygens (including phenoxy) is 1. The Morgan fingerprint density at radius 2 is 1.81 bits per heavy atom. The Bertz CT molecular complexity index is 692. The van der Waals surface area contributed by atoms with Crippen molar-refractivity contribution in [2.24, 2.45) is 17.8 Å². The van der Waals surface area contributed by atoms with Crippen LogP contribution >= 0.6 is 11.6 Å². The zero-order valence-corrected chi connectivity index (χ0v) is 15.8. The lowest BCUT2D eigenvalue weighted by Crippen LogP contribution is -2.62. The molecule has 26 heavy (non-hydrogen) atoms. The number of amides is 1. The third-order valence-corrected chi connectivity index (χ3v) is 6.83. The molecule has 0 spiro atoms. The van der Waals surface area contributed by atoms with Gasteiger partial charge in [0.2, 0.25) is 0 Å². The molecular weight excluding hydrogens is 348 g/mol. The summed E-state index contributed by atoms with van der Waals surface area (Å²) in [5, 5.41) is 9.60. The molecule has 4 saturated carbocycles. The second-order valence-electron chi connectivity index (χ2n) is 8.31. The van der Waals surface area contributed by atoms with E-state index in [1.54, 1.807) is 12.1 Å². The van der Waals surface area contributed by atoms with Crippen LogP contribution in [0.2, 0.25) is 5.02 Å². The van der Waals surface area contributed by atoms with Crippen LogP contribution in [0.25, 0.3) is 0 Å². The van der Waals surface area contributed by atoms with Gasteiger partial charge >= 0.3 is 0 Å². The van der Waals surface area contributed by atoms with E-state index in [0.717, 1.165) is 37.0 Å². The molecule has 0 unspecified atom stereocenters. The van der Waals surface area contributed by atoms with E-state index in [9.17, 15) is 4.79 Å². The van der Waals surface area contributed by atoms with Gasteiger partial charge in [-0.2, -0.15) is 5.26 Å². The topological polar surface area (TPSA) is 53.3 Å². The van der Waals surface area contributed by atoms with Gasteiger partial charge in [0.05, 0.1) is 17.5 Å². The molecule has 0 saturated heterocycles. The van der Waals surface area contributed by atoms with Gasteiger partial charge in [-0.15, -0.1) is 0 Å². The van der Waals surface area contributed by atoms with Gasteiger partial charge in [0.15, 0.2) is 6.61 Å². The van der Waals surface area contributed by atoms with Crippen molar-refractivity contribution in [3.05, 3.63) is 29.3 Å². The van der Waals surface area contributed by atoms with Gasteiger partial charge < -0.3 is 9.64 Å². The highest BCUT2D eigenvalue weighted by molar-refractivity contribution is 6.32. The largest absolute Gasteiger partial charge is 0.482 e. The first-order chi connectivity index (χ1) is 12.6. The first kappa shape index (κ1) is 17.7. The zero-order chi connectivity index (χ0) is 18.1. The summed E-state index contributed by atoms with van der Waals surface area (Å²) in [6.07, 6.45) is 7.66. The van der Waals surface area contributed by atoms with Crippen molar-refractivity contribution in [3.8, 4) is 11.8 Å². The van der Waals surface area contributed by atoms with Gasteiger partial charge in [-0.05, 0) is 68.4 Å². The summed E-state index contributed by atoms with van der Waals surface area (Å²) in [7, 11) is 0. The van der Waals surface area contributed by atoms with Crippen molar-refractivity contribution in [2.75, 3.05) is 13.2 Å². The number of carbonyl (C=O) groups is 1. The van der Waals surface area contributed by atoms with Gasteiger partial charge in [0.1, 0.15) is 5.75 Å². The Kier molecular flexibility index (Phi) is 4.84. The molecule has 0 atom stereocenters. The van der Waals surface area contributed by atoms with Crippen LogP contribution in [0.3, 0.4) is 0 Å². The molecule has 0 N–H and O–H groups in total. The minimum Gasteiger partial charge on any atom is -0.482 e. The molecule has 138 valence electrons. The molecular formula is C21H25ClN2O2. The number of benzene rings is 1. The van der Waals surface area contributed by atoms with E-state index in [-0.39, 0.29) is 18.1 Å². The predicted molar refractivity (Wildman–Crippen MR) is 99.8 cm³/mol. The van der Waals surface area contributed by atoms with Crippen molar-refractivity contribution < 1.29 is 9.53 Å². The molecule has 4 aliphatic carbocycles. The quantitative estimate of drug-likeness (QED) is 0.742. The van der Waals surface area contributed by atoms with Gasteiger partial charge in [-0.1, -0.05) is 23.7 Å². The maximum atomic E-state index is 13.1. The molecule has 0 radical (unpaired) electrons. The average Bonchev–Trinajstić information content (AvgIpc) is 2.60. The maximum Gasteiger partial charge on any atom is 0.261 e. The van der Waals surface area contributed by atoms with Crippen LogP contribution < -0.4 is 4.74 Å². The molecule has 4 bridgehead atoms. The van der Waals surface area contributed by atoms with E-state index in [1.165, 1.54) is 19.3 Å². The molecule has 4 nitrogen and oxygen atoms in total. The van der Waals surface area contributed by atoms with Crippen LogP contribution in [-0.4, -0.2) is 29.5 Å². The highest BCUT2D eigenvalue weighted by Gasteiger charge is 2.54. The lowest BCUT2D eigenvalue weighted by atomic mass is 9.52. The molecule has 4 fully saturated rings. The second kappa shape index (κ2) is 7.12. The lowest BCUT2D eigenvalue weighted by molar-refractivity contribution is -0.152. The van der Waals surface area contributed by atoms with Gasteiger partial charge in [0.25, 0.3) is 5.91 Å². The highest BCUT2D eigenvalue weighted by Crippen LogP contribution is 2.57. The first-order valence-corrected chi connectivity index (χ1v) is 10.0. The van der Waals surface area contributed by atoms with E-state index < -0.39 is 0 Å². The molecule has 5 heteroatoms. The summed E-state index contributed by atoms with van der Waals surface area (Å²) < 4.78 is 5.72. The Hall–Kier alpha value is -1.73. The number of carbonyl (C=O) groups excluding carboxylic acids is 1. The summed E-state index contributed by atoms with van der Waals surface area (Å²) >= 11 is 6.13. The lowest BCUT2D eigenvalue weighted by Gasteiger charge is -2.60. The molecule has 0 aliphatic heterocycles. The molecule has 0 heterocycles. The molecule has 4 aliphatic rings. The number of para-hydroxylation sites is 1. The standard InChI is InChI=1S/C21H25ClN2O2/c22-18-4-1-2-5-19(18)26-14-20(25)24(7-3-6-23)21-11-15-8-16(12-21)10-17(9-15)13-21/h1-2,4-5,15-17H,3,7-14H2. The van der Waals surface area contributed by atoms with Crippen molar-refractivity contribution in [2.45, 2.75) is 50.5 Å². The highest BCUT2D eigenvalue weighted by atomic mass is 35.5. The number of nitrogens with zero attached hydrogens (tertiary/aromatic N) is 2. The van der Waals surface area contributed by atoms with E-state index in [1.807, 2.05) is 17.0 Å². The maximum absolute atomic E-state index is 13.1. The van der Waals surface area contributed by atoms with Crippen LogP contribution in [0.4, 0.5) is 0 Å². The monoisotopic (exact) mass is 372 g/mol. The molecule has 1 amide bonds. The van der Waals surface area contributed by atoms with E-state index in [2.05, 4.69) is 6.07 Å². The van der Waals surface area contributed by atoms with Crippen LogP contribution in [0.15, 0.2) is 24.3 Å². The minimum atomic E-state index is -0.0491. The van der Waals surface area contributed by atoms with Gasteiger partial charge in [-0.25, -0.2) is 0 Å². The Morgan fingerprint density at radius 1 is 1.19 bits per heavy atom. The third kappa shape index (κ3) is 3.30. The van der Waals surface area contributed by atoms with Crippen molar-refractivity contribution in [1.29, 1.82) is 5.26 Å². The molecule has 1 aromatic carbocycles.